The molecule has 0 saturated carbocycles. The van der Waals surface area contributed by atoms with Crippen LogP contribution in [-0.2, 0) is 22.4 Å². The van der Waals surface area contributed by atoms with E-state index in [-0.39, 0.29) is 17.9 Å². The highest BCUT2D eigenvalue weighted by atomic mass is 16.5. The Morgan fingerprint density at radius 3 is 2.36 bits per heavy atom. The van der Waals surface area contributed by atoms with E-state index in [1.54, 1.807) is 0 Å². The van der Waals surface area contributed by atoms with Gasteiger partial charge in [0.15, 0.2) is 0 Å². The second kappa shape index (κ2) is 7.16. The first kappa shape index (κ1) is 16.6. The van der Waals surface area contributed by atoms with Crippen molar-refractivity contribution in [3.05, 3.63) is 34.9 Å². The lowest BCUT2D eigenvalue weighted by molar-refractivity contribution is -0.142. The number of hydrogen-bond acceptors (Lipinski definition) is 3. The number of carbonyl (C=O) groups excluding carboxylic acids is 2. The molecular formula is C20H26N2O3. The second-order valence-corrected chi connectivity index (χ2v) is 7.31. The van der Waals surface area contributed by atoms with Crippen LogP contribution in [0.2, 0.25) is 0 Å². The van der Waals surface area contributed by atoms with Crippen molar-refractivity contribution in [3.63, 3.8) is 0 Å². The van der Waals surface area contributed by atoms with Crippen LogP contribution in [0.4, 0.5) is 0 Å². The number of rotatable bonds is 2. The molecule has 0 N–H and O–H groups in total. The monoisotopic (exact) mass is 342 g/mol. The lowest BCUT2D eigenvalue weighted by Crippen LogP contribution is -2.52. The van der Waals surface area contributed by atoms with Crippen LogP contribution < -0.4 is 0 Å². The van der Waals surface area contributed by atoms with E-state index in [2.05, 4.69) is 12.1 Å². The molecule has 5 nitrogen and oxygen atoms in total. The molecule has 2 heterocycles. The molecule has 0 aromatic heterocycles. The Balaban J connectivity index is 1.37. The molecule has 3 aliphatic rings. The first-order valence-corrected chi connectivity index (χ1v) is 9.54. The maximum absolute atomic E-state index is 12.8. The van der Waals surface area contributed by atoms with Crippen molar-refractivity contribution in [2.75, 3.05) is 32.8 Å². The van der Waals surface area contributed by atoms with Gasteiger partial charge in [-0.25, -0.2) is 0 Å². The minimum absolute atomic E-state index is 0.0950. The molecule has 1 unspecified atom stereocenters. The third kappa shape index (κ3) is 3.43. The Hall–Kier alpha value is -1.88. The fraction of sp³-hybridized carbons (Fsp3) is 0.600. The summed E-state index contributed by atoms with van der Waals surface area (Å²) in [7, 11) is 0. The van der Waals surface area contributed by atoms with Gasteiger partial charge in [0.05, 0.1) is 0 Å². The molecule has 134 valence electrons. The zero-order valence-electron chi connectivity index (χ0n) is 14.7. The molecule has 0 spiro atoms. The van der Waals surface area contributed by atoms with Gasteiger partial charge in [-0.15, -0.1) is 0 Å². The maximum atomic E-state index is 12.8. The highest BCUT2D eigenvalue weighted by Gasteiger charge is 2.31. The van der Waals surface area contributed by atoms with E-state index in [9.17, 15) is 9.59 Å². The van der Waals surface area contributed by atoms with Gasteiger partial charge in [0, 0.05) is 38.3 Å². The third-order valence-corrected chi connectivity index (χ3v) is 5.68. The summed E-state index contributed by atoms with van der Waals surface area (Å²) in [5.41, 5.74) is 3.53. The smallest absolute Gasteiger partial charge is 0.253 e. The van der Waals surface area contributed by atoms with Gasteiger partial charge < -0.3 is 14.5 Å². The number of nitrogens with zero attached hydrogens (tertiary/aromatic N) is 2. The SMILES string of the molecule is O=C(c1ccc2c(c1)CCCC2)N1CCN(C(=O)C2CCCO2)CC1. The highest BCUT2D eigenvalue weighted by molar-refractivity contribution is 5.94. The van der Waals surface area contributed by atoms with Crippen LogP contribution in [0, 0.1) is 0 Å². The average Bonchev–Trinajstić information content (AvgIpc) is 3.21. The Morgan fingerprint density at radius 2 is 1.64 bits per heavy atom. The van der Waals surface area contributed by atoms with Crippen LogP contribution in [0.25, 0.3) is 0 Å². The molecule has 0 bridgehead atoms. The Kier molecular flexibility index (Phi) is 4.75. The number of benzene rings is 1. The molecule has 2 aliphatic heterocycles. The predicted molar refractivity (Wildman–Crippen MR) is 94.5 cm³/mol. The molecule has 5 heteroatoms. The van der Waals surface area contributed by atoms with Crippen LogP contribution in [0.5, 0.6) is 0 Å². The second-order valence-electron chi connectivity index (χ2n) is 7.31. The molecular weight excluding hydrogens is 316 g/mol. The normalized spacial score (nSPS) is 23.4. The van der Waals surface area contributed by atoms with Crippen molar-refractivity contribution >= 4 is 11.8 Å². The van der Waals surface area contributed by atoms with Crippen molar-refractivity contribution in [1.82, 2.24) is 9.80 Å². The number of amides is 2. The zero-order valence-corrected chi connectivity index (χ0v) is 14.7. The fourth-order valence-electron chi connectivity index (χ4n) is 4.16. The highest BCUT2D eigenvalue weighted by Crippen LogP contribution is 2.23. The summed E-state index contributed by atoms with van der Waals surface area (Å²) < 4.78 is 5.49. The maximum Gasteiger partial charge on any atom is 0.253 e. The lowest BCUT2D eigenvalue weighted by Gasteiger charge is -2.36. The molecule has 1 atom stereocenters. The van der Waals surface area contributed by atoms with E-state index < -0.39 is 0 Å². The van der Waals surface area contributed by atoms with Gasteiger partial charge in [-0.1, -0.05) is 6.07 Å². The van der Waals surface area contributed by atoms with E-state index in [0.29, 0.717) is 32.8 Å². The zero-order chi connectivity index (χ0) is 17.2. The van der Waals surface area contributed by atoms with Gasteiger partial charge >= 0.3 is 0 Å². The summed E-state index contributed by atoms with van der Waals surface area (Å²) in [4.78, 5) is 29.0. The lowest BCUT2D eigenvalue weighted by atomic mass is 9.90. The quantitative estimate of drug-likeness (QED) is 0.826. The first-order chi connectivity index (χ1) is 12.2. The first-order valence-electron chi connectivity index (χ1n) is 9.54. The summed E-state index contributed by atoms with van der Waals surface area (Å²) in [5, 5.41) is 0. The van der Waals surface area contributed by atoms with Gasteiger partial charge in [-0.3, -0.25) is 9.59 Å². The van der Waals surface area contributed by atoms with Crippen molar-refractivity contribution in [1.29, 1.82) is 0 Å². The third-order valence-electron chi connectivity index (χ3n) is 5.68. The topological polar surface area (TPSA) is 49.9 Å². The summed E-state index contributed by atoms with van der Waals surface area (Å²) in [6, 6.07) is 6.18. The van der Waals surface area contributed by atoms with E-state index in [4.69, 9.17) is 4.74 Å². The summed E-state index contributed by atoms with van der Waals surface area (Å²) in [6.07, 6.45) is 6.21. The summed E-state index contributed by atoms with van der Waals surface area (Å²) >= 11 is 0. The van der Waals surface area contributed by atoms with Crippen LogP contribution in [0.1, 0.15) is 47.2 Å². The van der Waals surface area contributed by atoms with E-state index in [1.807, 2.05) is 15.9 Å². The fourth-order valence-corrected chi connectivity index (χ4v) is 4.16. The van der Waals surface area contributed by atoms with E-state index in [1.165, 1.54) is 24.0 Å². The predicted octanol–water partition coefficient (Wildman–Crippen LogP) is 2.03. The minimum Gasteiger partial charge on any atom is -0.368 e. The minimum atomic E-state index is -0.261. The molecule has 4 rings (SSSR count). The average molecular weight is 342 g/mol. The number of aryl methyl sites for hydroxylation is 2. The number of ether oxygens (including phenoxy) is 1. The van der Waals surface area contributed by atoms with E-state index >= 15 is 0 Å². The number of hydrogen-bond donors (Lipinski definition) is 0. The van der Waals surface area contributed by atoms with Crippen LogP contribution in [0.3, 0.4) is 0 Å². The Bertz CT molecular complexity index is 659. The number of fused-ring (bicyclic) bond motifs is 1. The molecule has 0 radical (unpaired) electrons. The van der Waals surface area contributed by atoms with Crippen molar-refractivity contribution < 1.29 is 14.3 Å². The van der Waals surface area contributed by atoms with Crippen LogP contribution in [-0.4, -0.2) is 60.5 Å². The molecule has 2 fully saturated rings. The Morgan fingerprint density at radius 1 is 0.920 bits per heavy atom. The number of piperazine rings is 1. The van der Waals surface area contributed by atoms with Gasteiger partial charge in [-0.05, 0) is 61.8 Å². The van der Waals surface area contributed by atoms with E-state index in [0.717, 1.165) is 31.2 Å². The van der Waals surface area contributed by atoms with Crippen LogP contribution >= 0.6 is 0 Å². The van der Waals surface area contributed by atoms with Crippen molar-refractivity contribution in [2.24, 2.45) is 0 Å². The molecule has 1 aliphatic carbocycles. The largest absolute Gasteiger partial charge is 0.368 e. The summed E-state index contributed by atoms with van der Waals surface area (Å²) in [5.74, 6) is 0.191. The Labute approximate surface area is 148 Å². The molecule has 1 aromatic rings. The van der Waals surface area contributed by atoms with Gasteiger partial charge in [0.2, 0.25) is 0 Å². The van der Waals surface area contributed by atoms with Crippen molar-refractivity contribution in [2.45, 2.75) is 44.6 Å². The van der Waals surface area contributed by atoms with Gasteiger partial charge in [0.25, 0.3) is 11.8 Å². The van der Waals surface area contributed by atoms with Crippen molar-refractivity contribution in [3.8, 4) is 0 Å². The number of carbonyl (C=O) groups is 2. The molecule has 25 heavy (non-hydrogen) atoms. The molecule has 1 aromatic carbocycles. The molecule has 2 amide bonds. The summed E-state index contributed by atoms with van der Waals surface area (Å²) in [6.45, 7) is 3.11. The van der Waals surface area contributed by atoms with Crippen LogP contribution in [0.15, 0.2) is 18.2 Å². The van der Waals surface area contributed by atoms with Gasteiger partial charge in [0.1, 0.15) is 6.10 Å². The standard InChI is InChI=1S/C20H26N2O3/c23-19(17-8-7-15-4-1-2-5-16(15)14-17)21-9-11-22(12-10-21)20(24)18-6-3-13-25-18/h7-8,14,18H,1-6,9-13H2. The molecule has 2 saturated heterocycles. The van der Waals surface area contributed by atoms with Gasteiger partial charge in [-0.2, -0.15) is 0 Å².